The molecule has 0 saturated heterocycles. The van der Waals surface area contributed by atoms with Gasteiger partial charge in [0.05, 0.1) is 24.7 Å². The third-order valence-electron chi connectivity index (χ3n) is 2.24. The molecule has 0 aliphatic heterocycles. The van der Waals surface area contributed by atoms with Crippen LogP contribution in [-0.4, -0.2) is 31.3 Å². The van der Waals surface area contributed by atoms with E-state index in [1.54, 1.807) is 12.4 Å². The minimum absolute atomic E-state index is 0.561. The lowest BCUT2D eigenvalue weighted by Crippen LogP contribution is -2.10. The van der Waals surface area contributed by atoms with Crippen LogP contribution in [0.2, 0.25) is 0 Å². The highest BCUT2D eigenvalue weighted by molar-refractivity contribution is 5.44. The van der Waals surface area contributed by atoms with Gasteiger partial charge in [-0.2, -0.15) is 0 Å². The van der Waals surface area contributed by atoms with E-state index in [9.17, 15) is 0 Å². The predicted octanol–water partition coefficient (Wildman–Crippen LogP) is 2.95. The molecule has 1 rings (SSSR count). The number of hydrogen-bond acceptors (Lipinski definition) is 4. The second kappa shape index (κ2) is 8.75. The summed E-state index contributed by atoms with van der Waals surface area (Å²) in [6.45, 7) is 9.30. The first kappa shape index (κ1) is 14.8. The van der Waals surface area contributed by atoms with E-state index >= 15 is 0 Å². The number of nitrogens with zero attached hydrogens (tertiary/aromatic N) is 1. The molecule has 1 aromatic rings. The third-order valence-corrected chi connectivity index (χ3v) is 2.24. The Balaban J connectivity index is 2.24. The van der Waals surface area contributed by atoms with Crippen molar-refractivity contribution in [2.24, 2.45) is 5.92 Å². The number of ether oxygens (including phenoxy) is 2. The second-order valence-corrected chi connectivity index (χ2v) is 4.65. The van der Waals surface area contributed by atoms with Crippen molar-refractivity contribution in [1.29, 1.82) is 0 Å². The summed E-state index contributed by atoms with van der Waals surface area (Å²) in [6, 6.07) is 1.96. The molecule has 0 amide bonds. The monoisotopic (exact) mass is 252 g/mol. The maximum Gasteiger partial charge on any atom is 0.139 e. The van der Waals surface area contributed by atoms with E-state index < -0.39 is 0 Å². The van der Waals surface area contributed by atoms with Crippen molar-refractivity contribution in [3.63, 3.8) is 0 Å². The first-order valence-corrected chi connectivity index (χ1v) is 6.61. The summed E-state index contributed by atoms with van der Waals surface area (Å²) in [5.41, 5.74) is 0.998. The van der Waals surface area contributed by atoms with Crippen molar-refractivity contribution in [3.8, 4) is 5.75 Å². The van der Waals surface area contributed by atoms with Crippen LogP contribution in [0.4, 0.5) is 5.69 Å². The molecule has 0 radical (unpaired) electrons. The molecular weight excluding hydrogens is 228 g/mol. The molecule has 0 aliphatic rings. The Kier molecular flexibility index (Phi) is 7.18. The van der Waals surface area contributed by atoms with Gasteiger partial charge in [-0.25, -0.2) is 0 Å². The van der Waals surface area contributed by atoms with Crippen LogP contribution in [0.5, 0.6) is 5.75 Å². The fraction of sp³-hybridized carbons (Fsp3) is 0.643. The molecular formula is C14H24N2O2. The van der Waals surface area contributed by atoms with Gasteiger partial charge in [-0.05, 0) is 12.3 Å². The van der Waals surface area contributed by atoms with Gasteiger partial charge in [-0.15, -0.1) is 0 Å². The molecule has 102 valence electrons. The maximum atomic E-state index is 5.58. The van der Waals surface area contributed by atoms with Gasteiger partial charge >= 0.3 is 0 Å². The van der Waals surface area contributed by atoms with E-state index in [1.807, 2.05) is 6.07 Å². The summed E-state index contributed by atoms with van der Waals surface area (Å²) in [5, 5.41) is 3.28. The van der Waals surface area contributed by atoms with Crippen LogP contribution in [0.15, 0.2) is 18.5 Å². The zero-order valence-corrected chi connectivity index (χ0v) is 11.6. The molecule has 0 bridgehead atoms. The van der Waals surface area contributed by atoms with Crippen molar-refractivity contribution in [1.82, 2.24) is 4.98 Å². The Labute approximate surface area is 110 Å². The van der Waals surface area contributed by atoms with Gasteiger partial charge in [-0.3, -0.25) is 4.98 Å². The second-order valence-electron chi connectivity index (χ2n) is 4.65. The normalized spacial score (nSPS) is 10.7. The van der Waals surface area contributed by atoms with Crippen molar-refractivity contribution < 1.29 is 9.47 Å². The Morgan fingerprint density at radius 3 is 2.83 bits per heavy atom. The van der Waals surface area contributed by atoms with Crippen molar-refractivity contribution in [2.45, 2.75) is 27.2 Å². The van der Waals surface area contributed by atoms with Crippen LogP contribution in [0, 0.1) is 5.92 Å². The molecule has 0 atom stereocenters. The van der Waals surface area contributed by atoms with E-state index in [0.717, 1.165) is 31.0 Å². The minimum atomic E-state index is 0.561. The average molecular weight is 252 g/mol. The Morgan fingerprint density at radius 2 is 2.11 bits per heavy atom. The summed E-state index contributed by atoms with van der Waals surface area (Å²) in [7, 11) is 0. The number of aromatic nitrogens is 1. The highest BCUT2D eigenvalue weighted by Crippen LogP contribution is 2.15. The van der Waals surface area contributed by atoms with Gasteiger partial charge in [0.1, 0.15) is 12.4 Å². The summed E-state index contributed by atoms with van der Waals surface area (Å²) >= 11 is 0. The summed E-state index contributed by atoms with van der Waals surface area (Å²) < 4.78 is 11.0. The zero-order valence-electron chi connectivity index (χ0n) is 11.6. The summed E-state index contributed by atoms with van der Waals surface area (Å²) in [5.74, 6) is 1.34. The number of rotatable bonds is 9. The third kappa shape index (κ3) is 6.45. The topological polar surface area (TPSA) is 43.4 Å². The minimum Gasteiger partial charge on any atom is -0.489 e. The van der Waals surface area contributed by atoms with Gasteiger partial charge in [0, 0.05) is 19.2 Å². The summed E-state index contributed by atoms with van der Waals surface area (Å²) in [6.07, 6.45) is 4.62. The Bertz CT molecular complexity index is 329. The average Bonchev–Trinajstić information content (AvgIpc) is 2.36. The highest BCUT2D eigenvalue weighted by Gasteiger charge is 1.98. The van der Waals surface area contributed by atoms with Crippen LogP contribution in [0.1, 0.15) is 27.2 Å². The van der Waals surface area contributed by atoms with Crippen molar-refractivity contribution in [2.75, 3.05) is 31.7 Å². The Hall–Kier alpha value is -1.29. The van der Waals surface area contributed by atoms with E-state index in [-0.39, 0.29) is 0 Å². The molecule has 1 aromatic heterocycles. The molecule has 0 aliphatic carbocycles. The summed E-state index contributed by atoms with van der Waals surface area (Å²) in [4.78, 5) is 4.14. The molecule has 0 saturated carbocycles. The van der Waals surface area contributed by atoms with Gasteiger partial charge in [-0.1, -0.05) is 20.8 Å². The highest BCUT2D eigenvalue weighted by atomic mass is 16.5. The first-order chi connectivity index (χ1) is 8.72. The number of hydrogen-bond donors (Lipinski definition) is 1. The molecule has 1 heterocycles. The molecule has 4 nitrogen and oxygen atoms in total. The smallest absolute Gasteiger partial charge is 0.139 e. The number of nitrogens with one attached hydrogen (secondary N) is 1. The lowest BCUT2D eigenvalue weighted by atomic mass is 10.2. The molecule has 4 heteroatoms. The maximum absolute atomic E-state index is 5.58. The number of pyridine rings is 1. The molecule has 0 fully saturated rings. The lowest BCUT2D eigenvalue weighted by molar-refractivity contribution is 0.0818. The molecule has 0 aromatic carbocycles. The molecule has 0 unspecified atom stereocenters. The van der Waals surface area contributed by atoms with E-state index in [4.69, 9.17) is 9.47 Å². The fourth-order valence-corrected chi connectivity index (χ4v) is 1.40. The lowest BCUT2D eigenvalue weighted by Gasteiger charge is -2.10. The van der Waals surface area contributed by atoms with Crippen LogP contribution in [0.3, 0.4) is 0 Å². The van der Waals surface area contributed by atoms with Crippen LogP contribution in [0.25, 0.3) is 0 Å². The van der Waals surface area contributed by atoms with Crippen LogP contribution in [-0.2, 0) is 4.74 Å². The SMILES string of the molecule is CCCNc1cncc(OCCOCC(C)C)c1. The van der Waals surface area contributed by atoms with Gasteiger partial charge in [0.2, 0.25) is 0 Å². The quantitative estimate of drug-likeness (QED) is 0.686. The van der Waals surface area contributed by atoms with Crippen LogP contribution >= 0.6 is 0 Å². The van der Waals surface area contributed by atoms with Crippen molar-refractivity contribution >= 4 is 5.69 Å². The van der Waals surface area contributed by atoms with E-state index in [2.05, 4.69) is 31.1 Å². The molecule has 1 N–H and O–H groups in total. The number of anilines is 1. The first-order valence-electron chi connectivity index (χ1n) is 6.61. The van der Waals surface area contributed by atoms with E-state index in [0.29, 0.717) is 19.1 Å². The standard InChI is InChI=1S/C14H24N2O2/c1-4-5-16-13-8-14(10-15-9-13)18-7-6-17-11-12(2)3/h8-10,12,16H,4-7,11H2,1-3H3. The predicted molar refractivity (Wildman–Crippen MR) is 74.2 cm³/mol. The molecule has 0 spiro atoms. The largest absolute Gasteiger partial charge is 0.489 e. The van der Waals surface area contributed by atoms with Gasteiger partial charge < -0.3 is 14.8 Å². The van der Waals surface area contributed by atoms with Crippen LogP contribution < -0.4 is 10.1 Å². The fourth-order valence-electron chi connectivity index (χ4n) is 1.40. The van der Waals surface area contributed by atoms with E-state index in [1.165, 1.54) is 0 Å². The Morgan fingerprint density at radius 1 is 1.28 bits per heavy atom. The zero-order chi connectivity index (χ0) is 13.2. The van der Waals surface area contributed by atoms with Crippen molar-refractivity contribution in [3.05, 3.63) is 18.5 Å². The molecule has 18 heavy (non-hydrogen) atoms. The van der Waals surface area contributed by atoms with Gasteiger partial charge in [0.25, 0.3) is 0 Å². The van der Waals surface area contributed by atoms with Gasteiger partial charge in [0.15, 0.2) is 0 Å².